The van der Waals surface area contributed by atoms with Crippen LogP contribution in [0.3, 0.4) is 0 Å². The zero-order valence-corrected chi connectivity index (χ0v) is 13.9. The van der Waals surface area contributed by atoms with Gasteiger partial charge in [-0.25, -0.2) is 4.39 Å². The van der Waals surface area contributed by atoms with Crippen LogP contribution in [0.5, 0.6) is 5.75 Å². The van der Waals surface area contributed by atoms with Crippen molar-refractivity contribution in [3.8, 4) is 5.75 Å². The summed E-state index contributed by atoms with van der Waals surface area (Å²) in [5, 5.41) is 0. The van der Waals surface area contributed by atoms with Crippen LogP contribution in [0.2, 0.25) is 0 Å². The van der Waals surface area contributed by atoms with Crippen LogP contribution in [0.4, 0.5) is 4.39 Å². The molecular formula is C19H29FO. The van der Waals surface area contributed by atoms with E-state index >= 15 is 0 Å². The lowest BCUT2D eigenvalue weighted by molar-refractivity contribution is 0.106. The number of hydrogen-bond acceptors (Lipinski definition) is 1. The van der Waals surface area contributed by atoms with E-state index in [-0.39, 0.29) is 6.10 Å². The monoisotopic (exact) mass is 292 g/mol. The smallest absolute Gasteiger partial charge is 0.136 e. The van der Waals surface area contributed by atoms with E-state index in [1.807, 2.05) is 38.1 Å². The molecule has 0 aliphatic carbocycles. The lowest BCUT2D eigenvalue weighted by Crippen LogP contribution is -2.25. The van der Waals surface area contributed by atoms with E-state index in [9.17, 15) is 4.39 Å². The van der Waals surface area contributed by atoms with Crippen molar-refractivity contribution in [2.75, 3.05) is 0 Å². The first-order valence-corrected chi connectivity index (χ1v) is 8.12. The Morgan fingerprint density at radius 2 is 1.86 bits per heavy atom. The van der Waals surface area contributed by atoms with E-state index in [1.54, 1.807) is 0 Å². The Hall–Kier alpha value is -1.31. The highest BCUT2D eigenvalue weighted by atomic mass is 19.1. The second-order valence-corrected chi connectivity index (χ2v) is 5.68. The minimum Gasteiger partial charge on any atom is -0.488 e. The average molecular weight is 292 g/mol. The summed E-state index contributed by atoms with van der Waals surface area (Å²) in [4.78, 5) is 0. The van der Waals surface area contributed by atoms with Crippen LogP contribution in [0, 0.1) is 0 Å². The van der Waals surface area contributed by atoms with Gasteiger partial charge < -0.3 is 4.74 Å². The van der Waals surface area contributed by atoms with Gasteiger partial charge in [0.1, 0.15) is 18.0 Å². The molecule has 21 heavy (non-hydrogen) atoms. The number of benzene rings is 1. The predicted octanol–water partition coefficient (Wildman–Crippen LogP) is 6.19. The first kappa shape index (κ1) is 17.7. The van der Waals surface area contributed by atoms with Gasteiger partial charge >= 0.3 is 0 Å². The van der Waals surface area contributed by atoms with Crippen LogP contribution in [-0.4, -0.2) is 12.3 Å². The van der Waals surface area contributed by atoms with Gasteiger partial charge in [0.25, 0.3) is 0 Å². The Morgan fingerprint density at radius 3 is 2.43 bits per heavy atom. The Balaban J connectivity index is 2.44. The first-order valence-electron chi connectivity index (χ1n) is 8.12. The highest BCUT2D eigenvalue weighted by molar-refractivity contribution is 5.63. The van der Waals surface area contributed by atoms with E-state index in [4.69, 9.17) is 4.74 Å². The second kappa shape index (κ2) is 9.59. The molecule has 0 radical (unpaired) electrons. The molecule has 0 amide bonds. The van der Waals surface area contributed by atoms with E-state index in [0.29, 0.717) is 6.42 Å². The molecule has 0 bridgehead atoms. The molecule has 0 N–H and O–H groups in total. The molecule has 0 fully saturated rings. The van der Waals surface area contributed by atoms with Gasteiger partial charge in [-0.15, -0.1) is 0 Å². The third-order valence-electron chi connectivity index (χ3n) is 3.91. The second-order valence-electron chi connectivity index (χ2n) is 5.68. The van der Waals surface area contributed by atoms with Crippen molar-refractivity contribution >= 4 is 5.57 Å². The number of halogens is 1. The van der Waals surface area contributed by atoms with Crippen LogP contribution in [0.1, 0.15) is 65.4 Å². The number of unbranched alkanes of at least 4 members (excludes halogenated alkanes) is 3. The Bertz CT molecular complexity index is 422. The number of hydrogen-bond donors (Lipinski definition) is 0. The summed E-state index contributed by atoms with van der Waals surface area (Å²) < 4.78 is 19.7. The fourth-order valence-corrected chi connectivity index (χ4v) is 2.25. The number of ether oxygens (including phenoxy) is 1. The van der Waals surface area contributed by atoms with Crippen LogP contribution in [0.25, 0.3) is 5.57 Å². The Morgan fingerprint density at radius 1 is 1.19 bits per heavy atom. The van der Waals surface area contributed by atoms with Crippen molar-refractivity contribution < 1.29 is 9.13 Å². The summed E-state index contributed by atoms with van der Waals surface area (Å²) in [7, 11) is 0. The molecule has 1 rings (SSSR count). The zero-order chi connectivity index (χ0) is 15.7. The fraction of sp³-hybridized carbons (Fsp3) is 0.579. The largest absolute Gasteiger partial charge is 0.488 e. The molecule has 1 aromatic rings. The molecule has 0 aliphatic heterocycles. The molecule has 0 saturated heterocycles. The molecule has 1 nitrogen and oxygen atoms in total. The Kier molecular flexibility index (Phi) is 8.11. The van der Waals surface area contributed by atoms with Crippen LogP contribution in [-0.2, 0) is 0 Å². The summed E-state index contributed by atoms with van der Waals surface area (Å²) in [5.74, 6) is 0.742. The molecule has 118 valence electrons. The number of rotatable bonds is 9. The molecule has 0 aliphatic rings. The minimum absolute atomic E-state index is 0.389. The van der Waals surface area contributed by atoms with Crippen LogP contribution >= 0.6 is 0 Å². The highest BCUT2D eigenvalue weighted by Crippen LogP contribution is 2.21. The average Bonchev–Trinajstić information content (AvgIpc) is 2.51. The van der Waals surface area contributed by atoms with Crippen molar-refractivity contribution in [3.05, 3.63) is 35.9 Å². The molecule has 2 atom stereocenters. The molecule has 0 aromatic heterocycles. The minimum atomic E-state index is -0.890. The van der Waals surface area contributed by atoms with Gasteiger partial charge in [0.05, 0.1) is 0 Å². The summed E-state index contributed by atoms with van der Waals surface area (Å²) in [5.41, 5.74) is 2.41. The fourth-order valence-electron chi connectivity index (χ4n) is 2.25. The van der Waals surface area contributed by atoms with Gasteiger partial charge in [0.2, 0.25) is 0 Å². The molecule has 0 saturated carbocycles. The quantitative estimate of drug-likeness (QED) is 0.493. The van der Waals surface area contributed by atoms with Gasteiger partial charge in [0.15, 0.2) is 0 Å². The summed E-state index contributed by atoms with van der Waals surface area (Å²) in [6, 6.07) is 7.88. The maximum Gasteiger partial charge on any atom is 0.136 e. The number of allylic oxidation sites excluding steroid dienone is 2. The molecule has 0 spiro atoms. The normalized spacial score (nSPS) is 14.8. The third kappa shape index (κ3) is 6.33. The molecule has 2 heteroatoms. The molecule has 1 aromatic carbocycles. The maximum absolute atomic E-state index is 14.0. The first-order chi connectivity index (χ1) is 10.1. The van der Waals surface area contributed by atoms with Gasteiger partial charge in [-0.1, -0.05) is 50.8 Å². The van der Waals surface area contributed by atoms with Gasteiger partial charge in [-0.05, 0) is 50.5 Å². The highest BCUT2D eigenvalue weighted by Gasteiger charge is 2.17. The SMILES string of the molecule is CC=C(C)c1ccc(OC(C)C(F)CCCCCC)cc1. The van der Waals surface area contributed by atoms with Crippen LogP contribution < -0.4 is 4.74 Å². The van der Waals surface area contributed by atoms with Crippen molar-refractivity contribution in [2.45, 2.75) is 72.1 Å². The third-order valence-corrected chi connectivity index (χ3v) is 3.91. The van der Waals surface area contributed by atoms with E-state index in [1.165, 1.54) is 24.0 Å². The van der Waals surface area contributed by atoms with Crippen molar-refractivity contribution in [2.24, 2.45) is 0 Å². The van der Waals surface area contributed by atoms with E-state index in [0.717, 1.165) is 18.6 Å². The zero-order valence-electron chi connectivity index (χ0n) is 13.9. The molecule has 0 heterocycles. The summed E-state index contributed by atoms with van der Waals surface area (Å²) >= 11 is 0. The standard InChI is InChI=1S/C19H29FO/c1-5-7-8-9-10-19(20)16(4)21-18-13-11-17(12-14-18)15(3)6-2/h6,11-14,16,19H,5,7-10H2,1-4H3. The van der Waals surface area contributed by atoms with Gasteiger partial charge in [-0.3, -0.25) is 0 Å². The summed E-state index contributed by atoms with van der Waals surface area (Å²) in [6.45, 7) is 8.08. The maximum atomic E-state index is 14.0. The summed E-state index contributed by atoms with van der Waals surface area (Å²) in [6.07, 6.45) is 5.82. The van der Waals surface area contributed by atoms with Crippen LogP contribution in [0.15, 0.2) is 30.3 Å². The van der Waals surface area contributed by atoms with Gasteiger partial charge in [-0.2, -0.15) is 0 Å². The predicted molar refractivity (Wildman–Crippen MR) is 89.5 cm³/mol. The van der Waals surface area contributed by atoms with Crippen molar-refractivity contribution in [1.29, 1.82) is 0 Å². The van der Waals surface area contributed by atoms with Gasteiger partial charge in [0, 0.05) is 0 Å². The molecular weight excluding hydrogens is 263 g/mol. The Labute approximate surface area is 129 Å². The van der Waals surface area contributed by atoms with Crippen molar-refractivity contribution in [3.63, 3.8) is 0 Å². The van der Waals surface area contributed by atoms with E-state index < -0.39 is 6.17 Å². The molecule has 2 unspecified atom stereocenters. The topological polar surface area (TPSA) is 9.23 Å². The van der Waals surface area contributed by atoms with E-state index in [2.05, 4.69) is 19.9 Å². The lowest BCUT2D eigenvalue weighted by atomic mass is 10.1. The number of alkyl halides is 1. The lowest BCUT2D eigenvalue weighted by Gasteiger charge is -2.19. The van der Waals surface area contributed by atoms with Crippen molar-refractivity contribution in [1.82, 2.24) is 0 Å².